The molecule has 13 nitrogen and oxygen atoms in total. The van der Waals surface area contributed by atoms with Crippen molar-refractivity contribution in [2.45, 2.75) is 187 Å². The van der Waals surface area contributed by atoms with Crippen molar-refractivity contribution in [2.75, 3.05) is 14.2 Å². The average Bonchev–Trinajstić information content (AvgIpc) is 1.61. The van der Waals surface area contributed by atoms with Crippen LogP contribution in [0.1, 0.15) is 173 Å². The fourth-order valence-electron chi connectivity index (χ4n) is 11.3. The van der Waals surface area contributed by atoms with Crippen LogP contribution in [0.15, 0.2) is 175 Å². The molecule has 0 bridgehead atoms. The summed E-state index contributed by atoms with van der Waals surface area (Å²) in [6.07, 6.45) is 22.6. The number of rotatable bonds is 9. The van der Waals surface area contributed by atoms with Gasteiger partial charge in [0.05, 0.1) is 38.8 Å². The van der Waals surface area contributed by atoms with E-state index in [0.29, 0.717) is 13.5 Å². The monoisotopic (exact) mass is 2240 g/mol. The molecule has 12 aromatic rings. The van der Waals surface area contributed by atoms with E-state index in [1.54, 1.807) is 24.6 Å². The van der Waals surface area contributed by atoms with Crippen molar-refractivity contribution >= 4 is 273 Å². The molecule has 4 saturated carbocycles. The van der Waals surface area contributed by atoms with Crippen LogP contribution in [-0.4, -0.2) is 82.8 Å². The number of fused-ring (bicyclic) bond motifs is 6. The van der Waals surface area contributed by atoms with Gasteiger partial charge in [0.2, 0.25) is 0 Å². The Morgan fingerprint density at radius 3 is 1.39 bits per heavy atom. The Hall–Kier alpha value is -1.69. The van der Waals surface area contributed by atoms with Crippen LogP contribution in [0.5, 0.6) is 0 Å². The summed E-state index contributed by atoms with van der Waals surface area (Å²) in [5.41, 5.74) is 19.1. The van der Waals surface area contributed by atoms with Crippen LogP contribution in [0.25, 0.3) is 70.9 Å². The van der Waals surface area contributed by atoms with Crippen molar-refractivity contribution in [3.63, 3.8) is 0 Å². The third-order valence-electron chi connectivity index (χ3n) is 17.6. The second kappa shape index (κ2) is 45.9. The molecule has 0 spiro atoms. The van der Waals surface area contributed by atoms with Crippen molar-refractivity contribution in [1.82, 2.24) is 29.1 Å². The topological polar surface area (TPSA) is 174 Å². The first-order valence-electron chi connectivity index (χ1n) is 31.7. The zero-order valence-corrected chi connectivity index (χ0v) is 72.5. The third-order valence-corrected chi connectivity index (χ3v) is 27.7. The molecule has 1 atom stereocenters. The van der Waals surface area contributed by atoms with Gasteiger partial charge in [0.25, 0.3) is 0 Å². The van der Waals surface area contributed by atoms with Crippen LogP contribution in [-0.2, 0) is 42.6 Å². The molecule has 7 N–H and O–H groups in total. The van der Waals surface area contributed by atoms with Crippen molar-refractivity contribution in [3.8, 4) is 0 Å². The number of hydrogen-bond donors (Lipinski definition) is 6. The van der Waals surface area contributed by atoms with E-state index in [2.05, 4.69) is 330 Å². The summed E-state index contributed by atoms with van der Waals surface area (Å²) in [6, 6.07) is 39.8. The molecule has 1 saturated heterocycles. The predicted octanol–water partition coefficient (Wildman–Crippen LogP) is 28.6. The second-order valence-electron chi connectivity index (χ2n) is 25.1. The molecule has 1 unspecified atom stereocenters. The van der Waals surface area contributed by atoms with Gasteiger partial charge in [0.15, 0.2) is 0 Å². The molecule has 1 aliphatic heterocycles. The van der Waals surface area contributed by atoms with Crippen LogP contribution in [0, 0.1) is 7.14 Å². The van der Waals surface area contributed by atoms with Gasteiger partial charge < -0.3 is 57.9 Å². The number of hydrogen-bond acceptors (Lipinski definition) is 6. The first kappa shape index (κ1) is 99.4. The zero-order chi connectivity index (χ0) is 69.3. The number of benzene rings is 6. The van der Waals surface area contributed by atoms with E-state index in [1.165, 1.54) is 122 Å². The Morgan fingerprint density at radius 2 is 0.943 bits per heavy atom. The molecule has 5 aliphatic rings. The summed E-state index contributed by atoms with van der Waals surface area (Å²) >= 11 is 26.5. The van der Waals surface area contributed by atoms with Crippen molar-refractivity contribution in [3.05, 3.63) is 204 Å². The summed E-state index contributed by atoms with van der Waals surface area (Å²) in [5, 5.41) is 24.4. The van der Waals surface area contributed by atoms with Gasteiger partial charge in [-0.2, -0.15) is 0 Å². The van der Waals surface area contributed by atoms with Gasteiger partial charge >= 0.3 is 83.0 Å². The first-order chi connectivity index (χ1) is 46.5. The summed E-state index contributed by atoms with van der Waals surface area (Å²) in [5.74, 6) is 2.55. The zero-order valence-electron chi connectivity index (χ0n) is 54.2. The first-order valence-corrected chi connectivity index (χ1v) is 44.7. The SMILES string of the molecule is Brc1cccc2c(C3CC3)c[nH]c12.Brc1cccc2c(I)c[nH]c12.Brc1cccc2cc[nH]c12.C.C.C.C.C.C.C.C.CC1(C)OB(c2cccc3c(C4CC4)c[nH]c23)OC1(C)C.COCn1cc(C2CC2)c2cccc(Br)c21.COCn1cc(I)c2cccc(Br)c21.OB(O)C1CC1.[NH-][P+](I)=S=BI. The summed E-state index contributed by atoms with van der Waals surface area (Å²) < 4.78 is 36.6. The summed E-state index contributed by atoms with van der Waals surface area (Å²) in [4.78, 5) is 13.1. The Balaban J connectivity index is 0.000000414. The van der Waals surface area contributed by atoms with Gasteiger partial charge in [-0.1, -0.05) is 151 Å². The number of nitrogens with one attached hydrogen (secondary N) is 5. The number of H-pyrrole nitrogens is 4. The van der Waals surface area contributed by atoms with E-state index in [-0.39, 0.29) is 83.6 Å². The molecule has 105 heavy (non-hydrogen) atoms. The molecule has 27 heteroatoms. The quantitative estimate of drug-likeness (QED) is 0.0477. The predicted molar refractivity (Wildman–Crippen MR) is 516 cm³/mol. The van der Waals surface area contributed by atoms with E-state index >= 15 is 0 Å². The maximum absolute atomic E-state index is 8.25. The van der Waals surface area contributed by atoms with Crippen molar-refractivity contribution < 1.29 is 28.8 Å². The Bertz CT molecular complexity index is 4720. The second-order valence-corrected chi connectivity index (χ2v) is 40.7. The normalized spacial score (nSPS) is 14.6. The molecule has 6 aromatic carbocycles. The fourth-order valence-corrected chi connectivity index (χ4v) is 22.6. The van der Waals surface area contributed by atoms with Gasteiger partial charge in [0.1, 0.15) is 13.5 Å². The number of halogens is 9. The fraction of sp³-hybridized carbons (Fsp3) is 0.385. The molecule has 0 radical (unpaired) electrons. The number of ether oxygens (including phenoxy) is 2. The Morgan fingerprint density at radius 1 is 0.533 bits per heavy atom. The molecular weight excluding hydrogens is 2130 g/mol. The number of para-hydroxylation sites is 6. The maximum atomic E-state index is 8.25. The van der Waals surface area contributed by atoms with Gasteiger partial charge in [-0.15, -0.1) is 0 Å². The van der Waals surface area contributed by atoms with Crippen LogP contribution in [0.2, 0.25) is 5.82 Å². The van der Waals surface area contributed by atoms with Crippen molar-refractivity contribution in [1.29, 1.82) is 0 Å². The van der Waals surface area contributed by atoms with Crippen LogP contribution in [0.4, 0.5) is 0 Å². The van der Waals surface area contributed by atoms with Gasteiger partial charge in [-0.3, -0.25) is 0 Å². The number of aromatic nitrogens is 6. The number of nitrogens with zero attached hydrogens (tertiary/aromatic N) is 2. The number of methoxy groups -OCH3 is 2. The van der Waals surface area contributed by atoms with E-state index in [0.717, 1.165) is 63.9 Å². The van der Waals surface area contributed by atoms with Crippen molar-refractivity contribution in [2.24, 2.45) is 0 Å². The molecule has 7 heterocycles. The minimum absolute atomic E-state index is 0. The standard InChI is InChI=1S/C17H22BNO2.C13H14BrNO.C11H10BrN.C10H9BrINO.C8H5BrIN.C8H6BrN.C3H7BO2.8CH4.BHI2NPS/c1-16(2)17(3,4)21-18(20-16)14-7-5-6-12-13(11-8-9-11)10-19-15(12)14;1-16-8-15-7-11(9-5-6-9)10-3-2-4-12(14)13(10)15;12-10-3-1-2-8-9(7-4-5-7)6-13-11(8)10;1-14-6-13-5-9(12)7-3-2-4-8(11)10(7)13;9-6-3-1-2-5-7(10)4-11-8(5)6;9-7-3-1-2-6-4-5-10-8(6)7;5-4(6)3-1-2-3;;;;;;;;;2-1-6-5(3)4/h5-7,10-11,19H,8-9H2,1-4H3;2-4,7,9H,5-6,8H2,1H3;1-3,6-7,13H,4-5H2;2-5H,6H2,1H3;1-4,11H;1-5,10H;3,5-6H,1-2H2;8*1H4;4H. The summed E-state index contributed by atoms with van der Waals surface area (Å²) in [6.45, 7) is 9.58. The van der Waals surface area contributed by atoms with E-state index in [4.69, 9.17) is 34.3 Å². The van der Waals surface area contributed by atoms with Crippen LogP contribution >= 0.6 is 174 Å². The Labute approximate surface area is 727 Å². The van der Waals surface area contributed by atoms with Crippen LogP contribution < -0.4 is 5.46 Å². The van der Waals surface area contributed by atoms with E-state index < -0.39 is 11.6 Å². The van der Waals surface area contributed by atoms with Gasteiger partial charge in [-0.25, -0.2) is 0 Å². The summed E-state index contributed by atoms with van der Waals surface area (Å²) in [7, 11) is 3.67. The molecule has 5 fully saturated rings. The molecule has 6 aromatic heterocycles. The van der Waals surface area contributed by atoms with Gasteiger partial charge in [0, 0.05) is 124 Å². The van der Waals surface area contributed by atoms with Crippen LogP contribution in [0.3, 0.4) is 0 Å². The number of aromatic amines is 4. The third kappa shape index (κ3) is 25.9. The molecule has 17 rings (SSSR count). The molecule has 572 valence electrons. The molecule has 0 amide bonds. The van der Waals surface area contributed by atoms with E-state index in [1.807, 2.05) is 52.8 Å². The molecular formula is C78H106B3Br5I4N7O6PS. The van der Waals surface area contributed by atoms with Gasteiger partial charge in [-0.05, 0) is 268 Å². The molecule has 4 aliphatic carbocycles. The average molecular weight is 2240 g/mol. The Kier molecular flexibility index (Phi) is 43.4. The minimum atomic E-state index is -1.04. The van der Waals surface area contributed by atoms with E-state index in [9.17, 15) is 0 Å².